The Morgan fingerprint density at radius 2 is 2.18 bits per heavy atom. The first kappa shape index (κ1) is 10.9. The molecule has 3 rings (SSSR count). The summed E-state index contributed by atoms with van der Waals surface area (Å²) in [4.78, 5) is 4.48. The average Bonchev–Trinajstić information content (AvgIpc) is 2.40. The second kappa shape index (κ2) is 4.96. The zero-order valence-corrected chi connectivity index (χ0v) is 10.5. The van der Waals surface area contributed by atoms with Gasteiger partial charge in [0, 0.05) is 23.4 Å². The molecule has 1 aliphatic heterocycles. The Kier molecular flexibility index (Phi) is 3.18. The van der Waals surface area contributed by atoms with Crippen molar-refractivity contribution in [2.45, 2.75) is 18.9 Å². The maximum Gasteiger partial charge on any atom is 0.134 e. The molecular formula is C14H16N2S. The zero-order chi connectivity index (χ0) is 11.5. The minimum absolute atomic E-state index is 0.576. The quantitative estimate of drug-likeness (QED) is 0.874. The summed E-state index contributed by atoms with van der Waals surface area (Å²) >= 11 is 2.04. The van der Waals surface area contributed by atoms with Gasteiger partial charge in [-0.25, -0.2) is 4.98 Å². The highest BCUT2D eigenvalue weighted by molar-refractivity contribution is 7.99. The van der Waals surface area contributed by atoms with Gasteiger partial charge in [0.15, 0.2) is 0 Å². The number of fused-ring (bicyclic) bond motifs is 1. The molecule has 0 saturated carbocycles. The van der Waals surface area contributed by atoms with Crippen LogP contribution in [0.5, 0.6) is 0 Å². The molecule has 88 valence electrons. The van der Waals surface area contributed by atoms with Crippen LogP contribution >= 0.6 is 11.8 Å². The van der Waals surface area contributed by atoms with Crippen LogP contribution in [0.1, 0.15) is 12.8 Å². The van der Waals surface area contributed by atoms with Gasteiger partial charge in [-0.2, -0.15) is 11.8 Å². The van der Waals surface area contributed by atoms with Gasteiger partial charge in [0.05, 0.1) is 0 Å². The summed E-state index contributed by atoms with van der Waals surface area (Å²) in [6.45, 7) is 0. The molecule has 1 fully saturated rings. The van der Waals surface area contributed by atoms with E-state index >= 15 is 0 Å². The van der Waals surface area contributed by atoms with Crippen LogP contribution in [0.25, 0.3) is 10.8 Å². The van der Waals surface area contributed by atoms with E-state index in [2.05, 4.69) is 40.6 Å². The third kappa shape index (κ3) is 2.39. The van der Waals surface area contributed by atoms with E-state index in [1.807, 2.05) is 18.0 Å². The minimum Gasteiger partial charge on any atom is -0.366 e. The van der Waals surface area contributed by atoms with E-state index in [1.54, 1.807) is 0 Å². The summed E-state index contributed by atoms with van der Waals surface area (Å²) in [7, 11) is 0. The topological polar surface area (TPSA) is 24.9 Å². The number of nitrogens with zero attached hydrogens (tertiary/aromatic N) is 1. The van der Waals surface area contributed by atoms with Crippen molar-refractivity contribution in [3.05, 3.63) is 36.5 Å². The first-order valence-electron chi connectivity index (χ1n) is 6.11. The lowest BCUT2D eigenvalue weighted by Gasteiger charge is -2.23. The Hall–Kier alpha value is -1.22. The van der Waals surface area contributed by atoms with Crippen LogP contribution in [0, 0.1) is 0 Å². The number of benzene rings is 1. The van der Waals surface area contributed by atoms with Crippen LogP contribution in [-0.4, -0.2) is 22.5 Å². The third-order valence-electron chi connectivity index (χ3n) is 3.17. The number of aromatic nitrogens is 1. The van der Waals surface area contributed by atoms with Crippen molar-refractivity contribution in [1.82, 2.24) is 4.98 Å². The maximum absolute atomic E-state index is 4.48. The molecule has 1 atom stereocenters. The standard InChI is InChI=1S/C14H16N2S/c1-2-6-13-11(4-1)7-8-15-14(13)16-12-5-3-9-17-10-12/h1-2,4,6-8,12H,3,5,9-10H2,(H,15,16). The highest BCUT2D eigenvalue weighted by atomic mass is 32.2. The lowest BCUT2D eigenvalue weighted by atomic mass is 10.1. The van der Waals surface area contributed by atoms with Crippen molar-refractivity contribution in [1.29, 1.82) is 0 Å². The van der Waals surface area contributed by atoms with Crippen LogP contribution in [0.15, 0.2) is 36.5 Å². The number of hydrogen-bond donors (Lipinski definition) is 1. The van der Waals surface area contributed by atoms with Crippen LogP contribution in [0.2, 0.25) is 0 Å². The fourth-order valence-corrected chi connectivity index (χ4v) is 3.35. The van der Waals surface area contributed by atoms with E-state index in [4.69, 9.17) is 0 Å². The number of pyridine rings is 1. The molecule has 1 saturated heterocycles. The molecular weight excluding hydrogens is 228 g/mol. The molecule has 1 unspecified atom stereocenters. The Bertz CT molecular complexity index is 501. The van der Waals surface area contributed by atoms with Crippen molar-refractivity contribution in [3.8, 4) is 0 Å². The molecule has 0 spiro atoms. The molecule has 2 nitrogen and oxygen atoms in total. The van der Waals surface area contributed by atoms with Crippen LogP contribution < -0.4 is 5.32 Å². The van der Waals surface area contributed by atoms with Gasteiger partial charge < -0.3 is 5.32 Å². The lowest BCUT2D eigenvalue weighted by Crippen LogP contribution is -2.26. The molecule has 17 heavy (non-hydrogen) atoms. The molecule has 2 heterocycles. The minimum atomic E-state index is 0.576. The number of nitrogens with one attached hydrogen (secondary N) is 1. The third-order valence-corrected chi connectivity index (χ3v) is 4.39. The highest BCUT2D eigenvalue weighted by Gasteiger charge is 2.14. The first-order valence-corrected chi connectivity index (χ1v) is 7.27. The van der Waals surface area contributed by atoms with Crippen molar-refractivity contribution in [3.63, 3.8) is 0 Å². The Balaban J connectivity index is 1.89. The Labute approximate surface area is 106 Å². The van der Waals surface area contributed by atoms with Crippen LogP contribution in [0.3, 0.4) is 0 Å². The fourth-order valence-electron chi connectivity index (χ4n) is 2.28. The van der Waals surface area contributed by atoms with E-state index in [0.717, 1.165) is 5.82 Å². The van der Waals surface area contributed by atoms with E-state index in [9.17, 15) is 0 Å². The molecule has 3 heteroatoms. The van der Waals surface area contributed by atoms with Gasteiger partial charge in [0.1, 0.15) is 5.82 Å². The van der Waals surface area contributed by atoms with Crippen LogP contribution in [0.4, 0.5) is 5.82 Å². The predicted molar refractivity (Wildman–Crippen MR) is 75.7 cm³/mol. The van der Waals surface area contributed by atoms with Crippen LogP contribution in [-0.2, 0) is 0 Å². The SMILES string of the molecule is c1ccc2c(NC3CCCSC3)nccc2c1. The molecule has 2 aromatic rings. The van der Waals surface area contributed by atoms with E-state index in [0.29, 0.717) is 6.04 Å². The van der Waals surface area contributed by atoms with Gasteiger partial charge in [-0.3, -0.25) is 0 Å². The van der Waals surface area contributed by atoms with E-state index < -0.39 is 0 Å². The van der Waals surface area contributed by atoms with Crippen molar-refractivity contribution < 1.29 is 0 Å². The average molecular weight is 244 g/mol. The van der Waals surface area contributed by atoms with Gasteiger partial charge in [-0.1, -0.05) is 24.3 Å². The van der Waals surface area contributed by atoms with Gasteiger partial charge in [-0.15, -0.1) is 0 Å². The van der Waals surface area contributed by atoms with Crippen molar-refractivity contribution in [2.75, 3.05) is 16.8 Å². The normalized spacial score (nSPS) is 20.4. The summed E-state index contributed by atoms with van der Waals surface area (Å²) in [6, 6.07) is 11.1. The van der Waals surface area contributed by atoms with Gasteiger partial charge in [0.2, 0.25) is 0 Å². The van der Waals surface area contributed by atoms with Crippen molar-refractivity contribution in [2.24, 2.45) is 0 Å². The summed E-state index contributed by atoms with van der Waals surface area (Å²) in [6.07, 6.45) is 4.46. The van der Waals surface area contributed by atoms with Crippen molar-refractivity contribution >= 4 is 28.4 Å². The maximum atomic E-state index is 4.48. The molecule has 0 aliphatic carbocycles. The van der Waals surface area contributed by atoms with Gasteiger partial charge in [-0.05, 0) is 30.0 Å². The summed E-state index contributed by atoms with van der Waals surface area (Å²) < 4.78 is 0. The smallest absolute Gasteiger partial charge is 0.134 e. The Morgan fingerprint density at radius 1 is 1.24 bits per heavy atom. The molecule has 1 aromatic heterocycles. The molecule has 1 aromatic carbocycles. The molecule has 0 bridgehead atoms. The lowest BCUT2D eigenvalue weighted by molar-refractivity contribution is 0.683. The summed E-state index contributed by atoms with van der Waals surface area (Å²) in [5.41, 5.74) is 0. The predicted octanol–water partition coefficient (Wildman–Crippen LogP) is 3.54. The summed E-state index contributed by atoms with van der Waals surface area (Å²) in [5.74, 6) is 3.54. The monoisotopic (exact) mass is 244 g/mol. The molecule has 0 radical (unpaired) electrons. The second-order valence-electron chi connectivity index (χ2n) is 4.44. The molecule has 1 aliphatic rings. The largest absolute Gasteiger partial charge is 0.366 e. The van der Waals surface area contributed by atoms with Gasteiger partial charge in [0.25, 0.3) is 0 Å². The number of anilines is 1. The first-order chi connectivity index (χ1) is 8.43. The number of hydrogen-bond acceptors (Lipinski definition) is 3. The number of rotatable bonds is 2. The van der Waals surface area contributed by atoms with E-state index in [1.165, 1.54) is 35.1 Å². The number of thioether (sulfide) groups is 1. The Morgan fingerprint density at radius 3 is 3.06 bits per heavy atom. The second-order valence-corrected chi connectivity index (χ2v) is 5.59. The molecule has 0 amide bonds. The zero-order valence-electron chi connectivity index (χ0n) is 9.73. The fraction of sp³-hybridized carbons (Fsp3) is 0.357. The van der Waals surface area contributed by atoms with Gasteiger partial charge >= 0.3 is 0 Å². The highest BCUT2D eigenvalue weighted by Crippen LogP contribution is 2.24. The van der Waals surface area contributed by atoms with E-state index in [-0.39, 0.29) is 0 Å². The summed E-state index contributed by atoms with van der Waals surface area (Å²) in [5, 5.41) is 6.08. The molecule has 1 N–H and O–H groups in total.